The van der Waals surface area contributed by atoms with Crippen LogP contribution >= 0.6 is 0 Å². The Hall–Kier alpha value is -1.61. The van der Waals surface area contributed by atoms with Gasteiger partial charge in [-0.2, -0.15) is 13.2 Å². The molecule has 0 spiro atoms. The Bertz CT molecular complexity index is 627. The fourth-order valence-electron chi connectivity index (χ4n) is 2.64. The normalized spacial score (nSPS) is 24.7. The molecule has 1 aliphatic heterocycles. The summed E-state index contributed by atoms with van der Waals surface area (Å²) in [7, 11) is 0. The standard InChI is InChI=1S/C17H27F3N4O6/c18-17(19,20)13-7-22-8-14(24-13)23-11-9-30-12(16(26)15(11)25)10-29-6-5-28-4-3-27-2-1-21/h7-8,11-12,15-16,25-26H,1-6,9-10,21H2,(H,23,24)/t11-,12+,15+,16-/m0/s1. The highest BCUT2D eigenvalue weighted by atomic mass is 19.4. The molecule has 0 aromatic carbocycles. The maximum Gasteiger partial charge on any atom is 0.434 e. The van der Waals surface area contributed by atoms with Crippen molar-refractivity contribution in [1.82, 2.24) is 9.97 Å². The number of anilines is 1. The molecule has 0 aliphatic carbocycles. The molecule has 30 heavy (non-hydrogen) atoms. The van der Waals surface area contributed by atoms with Crippen LogP contribution in [-0.2, 0) is 25.1 Å². The molecule has 0 unspecified atom stereocenters. The van der Waals surface area contributed by atoms with Gasteiger partial charge in [-0.25, -0.2) is 4.98 Å². The number of rotatable bonds is 12. The minimum absolute atomic E-state index is 0.0152. The number of alkyl halides is 3. The van der Waals surface area contributed by atoms with E-state index in [1.807, 2.05) is 0 Å². The van der Waals surface area contributed by atoms with Gasteiger partial charge in [0.1, 0.15) is 24.1 Å². The highest BCUT2D eigenvalue weighted by Crippen LogP contribution is 2.28. The van der Waals surface area contributed by atoms with Gasteiger partial charge < -0.3 is 40.2 Å². The average molecular weight is 440 g/mol. The van der Waals surface area contributed by atoms with E-state index < -0.39 is 36.2 Å². The fraction of sp³-hybridized carbons (Fsp3) is 0.765. The Morgan fingerprint density at radius 2 is 1.73 bits per heavy atom. The molecule has 0 radical (unpaired) electrons. The molecule has 0 bridgehead atoms. The number of hydrogen-bond acceptors (Lipinski definition) is 10. The number of aromatic nitrogens is 2. The van der Waals surface area contributed by atoms with Crippen molar-refractivity contribution in [2.75, 3.05) is 58.1 Å². The summed E-state index contributed by atoms with van der Waals surface area (Å²) in [5, 5.41) is 23.1. The van der Waals surface area contributed by atoms with Crippen molar-refractivity contribution in [2.45, 2.75) is 30.5 Å². The summed E-state index contributed by atoms with van der Waals surface area (Å²) in [6.45, 7) is 2.25. The highest BCUT2D eigenvalue weighted by Gasteiger charge is 2.39. The third-order valence-corrected chi connectivity index (χ3v) is 4.18. The number of aliphatic hydroxyl groups excluding tert-OH is 2. The quantitative estimate of drug-likeness (QED) is 0.312. The molecule has 1 aliphatic rings. The van der Waals surface area contributed by atoms with Gasteiger partial charge in [0.2, 0.25) is 0 Å². The van der Waals surface area contributed by atoms with Crippen LogP contribution in [0.1, 0.15) is 5.69 Å². The second-order valence-electron chi connectivity index (χ2n) is 6.48. The van der Waals surface area contributed by atoms with Gasteiger partial charge in [0, 0.05) is 6.54 Å². The smallest absolute Gasteiger partial charge is 0.388 e. The zero-order valence-electron chi connectivity index (χ0n) is 16.3. The van der Waals surface area contributed by atoms with Crippen LogP contribution in [0.25, 0.3) is 0 Å². The van der Waals surface area contributed by atoms with Gasteiger partial charge in [0.25, 0.3) is 0 Å². The van der Waals surface area contributed by atoms with Crippen LogP contribution in [0.15, 0.2) is 12.4 Å². The van der Waals surface area contributed by atoms with Crippen molar-refractivity contribution >= 4 is 5.82 Å². The molecular weight excluding hydrogens is 413 g/mol. The predicted molar refractivity (Wildman–Crippen MR) is 97.7 cm³/mol. The highest BCUT2D eigenvalue weighted by molar-refractivity contribution is 5.34. The third kappa shape index (κ3) is 7.91. The Morgan fingerprint density at radius 3 is 2.40 bits per heavy atom. The number of ether oxygens (including phenoxy) is 4. The summed E-state index contributed by atoms with van der Waals surface area (Å²) in [5.41, 5.74) is 4.11. The molecule has 2 rings (SSSR count). The summed E-state index contributed by atoms with van der Waals surface area (Å²) >= 11 is 0. The van der Waals surface area contributed by atoms with E-state index in [0.717, 1.165) is 6.20 Å². The molecule has 1 aromatic heterocycles. The topological polar surface area (TPSA) is 141 Å². The number of nitrogens with one attached hydrogen (secondary N) is 1. The van der Waals surface area contributed by atoms with Crippen molar-refractivity contribution in [1.29, 1.82) is 0 Å². The zero-order valence-corrected chi connectivity index (χ0v) is 16.3. The van der Waals surface area contributed by atoms with Crippen molar-refractivity contribution in [3.05, 3.63) is 18.1 Å². The van der Waals surface area contributed by atoms with Crippen LogP contribution in [0, 0.1) is 0 Å². The van der Waals surface area contributed by atoms with Gasteiger partial charge in [-0.15, -0.1) is 0 Å². The molecular formula is C17H27F3N4O6. The molecule has 0 saturated carbocycles. The Labute approximate surface area is 171 Å². The molecule has 5 N–H and O–H groups in total. The van der Waals surface area contributed by atoms with E-state index in [-0.39, 0.29) is 25.6 Å². The molecule has 4 atom stereocenters. The summed E-state index contributed by atoms with van der Waals surface area (Å²) in [6.07, 6.45) is -6.36. The van der Waals surface area contributed by atoms with E-state index in [9.17, 15) is 23.4 Å². The average Bonchev–Trinajstić information content (AvgIpc) is 2.71. The minimum atomic E-state index is -4.64. The monoisotopic (exact) mass is 440 g/mol. The number of aliphatic hydroxyl groups is 2. The van der Waals surface area contributed by atoms with Crippen LogP contribution in [0.4, 0.5) is 19.0 Å². The largest absolute Gasteiger partial charge is 0.434 e. The van der Waals surface area contributed by atoms with Gasteiger partial charge in [0.15, 0.2) is 5.69 Å². The van der Waals surface area contributed by atoms with E-state index >= 15 is 0 Å². The van der Waals surface area contributed by atoms with Crippen LogP contribution < -0.4 is 11.1 Å². The van der Waals surface area contributed by atoms with Crippen molar-refractivity contribution in [3.63, 3.8) is 0 Å². The summed E-state index contributed by atoms with van der Waals surface area (Å²) in [4.78, 5) is 6.90. The third-order valence-electron chi connectivity index (χ3n) is 4.18. The first-order chi connectivity index (χ1) is 14.3. The first kappa shape index (κ1) is 24.7. The van der Waals surface area contributed by atoms with E-state index in [1.165, 1.54) is 0 Å². The lowest BCUT2D eigenvalue weighted by Gasteiger charge is -2.38. The first-order valence-electron chi connectivity index (χ1n) is 9.39. The second kappa shape index (κ2) is 12.3. The lowest BCUT2D eigenvalue weighted by Crippen LogP contribution is -2.57. The molecule has 13 heteroatoms. The van der Waals surface area contributed by atoms with E-state index in [4.69, 9.17) is 24.7 Å². The lowest BCUT2D eigenvalue weighted by atomic mass is 9.98. The number of halogens is 3. The minimum Gasteiger partial charge on any atom is -0.388 e. The van der Waals surface area contributed by atoms with Crippen molar-refractivity contribution in [3.8, 4) is 0 Å². The van der Waals surface area contributed by atoms with Crippen LogP contribution in [0.5, 0.6) is 0 Å². The SMILES string of the molecule is NCCOCCOCCOC[C@H]1OC[C@H](Nc2cncc(C(F)(F)F)n2)[C@@H](O)[C@H]1O. The van der Waals surface area contributed by atoms with Crippen LogP contribution in [0.3, 0.4) is 0 Å². The summed E-state index contributed by atoms with van der Waals surface area (Å²) < 4.78 is 59.5. The maximum absolute atomic E-state index is 12.7. The number of hydrogen-bond donors (Lipinski definition) is 4. The summed E-state index contributed by atoms with van der Waals surface area (Å²) in [5.74, 6) is -0.188. The van der Waals surface area contributed by atoms with Crippen LogP contribution in [0.2, 0.25) is 0 Å². The van der Waals surface area contributed by atoms with E-state index in [1.54, 1.807) is 0 Å². The second-order valence-corrected chi connectivity index (χ2v) is 6.48. The Balaban J connectivity index is 1.70. The Morgan fingerprint density at radius 1 is 1.07 bits per heavy atom. The molecule has 1 fully saturated rings. The Kier molecular flexibility index (Phi) is 10.1. The molecule has 10 nitrogen and oxygen atoms in total. The van der Waals surface area contributed by atoms with Crippen LogP contribution in [-0.4, -0.2) is 97.3 Å². The lowest BCUT2D eigenvalue weighted by molar-refractivity contribution is -0.161. The van der Waals surface area contributed by atoms with Gasteiger partial charge in [-0.05, 0) is 0 Å². The van der Waals surface area contributed by atoms with Gasteiger partial charge in [0.05, 0.1) is 64.7 Å². The van der Waals surface area contributed by atoms with Crippen molar-refractivity contribution in [2.24, 2.45) is 5.73 Å². The fourth-order valence-corrected chi connectivity index (χ4v) is 2.64. The van der Waals surface area contributed by atoms with E-state index in [0.29, 0.717) is 39.2 Å². The molecule has 1 aromatic rings. The molecule has 1 saturated heterocycles. The molecule has 2 heterocycles. The van der Waals surface area contributed by atoms with E-state index in [2.05, 4.69) is 15.3 Å². The van der Waals surface area contributed by atoms with Gasteiger partial charge in [-0.3, -0.25) is 4.98 Å². The first-order valence-corrected chi connectivity index (χ1v) is 9.39. The van der Waals surface area contributed by atoms with Gasteiger partial charge >= 0.3 is 6.18 Å². The predicted octanol–water partition coefficient (Wildman–Crippen LogP) is -0.595. The molecule has 172 valence electrons. The number of nitrogens with zero attached hydrogens (tertiary/aromatic N) is 2. The van der Waals surface area contributed by atoms with Crippen molar-refractivity contribution < 1.29 is 42.3 Å². The zero-order chi connectivity index (χ0) is 22.0. The maximum atomic E-state index is 12.7. The molecule has 0 amide bonds. The number of nitrogens with two attached hydrogens (primary N) is 1. The van der Waals surface area contributed by atoms with Gasteiger partial charge in [-0.1, -0.05) is 0 Å². The summed E-state index contributed by atoms with van der Waals surface area (Å²) in [6, 6.07) is -0.870.